The van der Waals surface area contributed by atoms with Gasteiger partial charge in [0, 0.05) is 18.0 Å². The molecule has 0 saturated heterocycles. The second-order valence-corrected chi connectivity index (χ2v) is 4.59. The number of aromatic nitrogens is 2. The van der Waals surface area contributed by atoms with Crippen LogP contribution in [0.1, 0.15) is 42.1 Å². The van der Waals surface area contributed by atoms with Crippen LogP contribution < -0.4 is 0 Å². The lowest BCUT2D eigenvalue weighted by Crippen LogP contribution is -2.09. The molecule has 2 aromatic rings. The molecule has 2 rings (SSSR count). The molecule has 0 aliphatic rings. The topological polar surface area (TPSA) is 34.9 Å². The van der Waals surface area contributed by atoms with Crippen molar-refractivity contribution >= 4 is 5.78 Å². The Morgan fingerprint density at radius 1 is 1.33 bits per heavy atom. The first-order chi connectivity index (χ1) is 8.70. The Morgan fingerprint density at radius 3 is 2.61 bits per heavy atom. The zero-order valence-corrected chi connectivity index (χ0v) is 10.8. The van der Waals surface area contributed by atoms with Gasteiger partial charge < -0.3 is 4.57 Å². The summed E-state index contributed by atoms with van der Waals surface area (Å²) in [5, 5.41) is 0. The quantitative estimate of drug-likeness (QED) is 0.754. The van der Waals surface area contributed by atoms with Gasteiger partial charge in [-0.1, -0.05) is 38.1 Å². The number of hydrogen-bond acceptors (Lipinski definition) is 2. The summed E-state index contributed by atoms with van der Waals surface area (Å²) >= 11 is 0. The number of ketones is 1. The van der Waals surface area contributed by atoms with Gasteiger partial charge in [-0.05, 0) is 17.9 Å². The molecule has 1 aromatic carbocycles. The van der Waals surface area contributed by atoms with Crippen molar-refractivity contribution in [3.05, 3.63) is 54.1 Å². The molecule has 0 bridgehead atoms. The second kappa shape index (κ2) is 5.63. The number of rotatable bonds is 5. The highest BCUT2D eigenvalue weighted by molar-refractivity contribution is 5.95. The van der Waals surface area contributed by atoms with Crippen LogP contribution in [0.5, 0.6) is 0 Å². The highest BCUT2D eigenvalue weighted by Gasteiger charge is 2.08. The first-order valence-electron chi connectivity index (χ1n) is 6.29. The van der Waals surface area contributed by atoms with Crippen LogP contribution in [0.15, 0.2) is 43.0 Å². The molecule has 0 amide bonds. The van der Waals surface area contributed by atoms with Crippen LogP contribution in [0.3, 0.4) is 0 Å². The Bertz CT molecular complexity index is 500. The summed E-state index contributed by atoms with van der Waals surface area (Å²) in [4.78, 5) is 15.9. The van der Waals surface area contributed by atoms with Crippen molar-refractivity contribution in [3.8, 4) is 0 Å². The fourth-order valence-electron chi connectivity index (χ4n) is 1.87. The highest BCUT2D eigenvalue weighted by Crippen LogP contribution is 2.19. The van der Waals surface area contributed by atoms with E-state index in [0.29, 0.717) is 12.5 Å². The number of carbonyl (C=O) groups is 1. The van der Waals surface area contributed by atoms with E-state index in [1.54, 1.807) is 23.3 Å². The minimum atomic E-state index is 0.115. The molecule has 1 aromatic heterocycles. The second-order valence-electron chi connectivity index (χ2n) is 4.59. The fraction of sp³-hybridized carbons (Fsp3) is 0.333. The summed E-state index contributed by atoms with van der Waals surface area (Å²) in [6, 6.07) is 7.94. The smallest absolute Gasteiger partial charge is 0.182 e. The maximum Gasteiger partial charge on any atom is 0.182 e. The van der Waals surface area contributed by atoms with Crippen LogP contribution in [0.4, 0.5) is 0 Å². The predicted molar refractivity (Wildman–Crippen MR) is 71.7 cm³/mol. The third-order valence-electron chi connectivity index (χ3n) is 3.30. The van der Waals surface area contributed by atoms with Gasteiger partial charge in [0.2, 0.25) is 0 Å². The molecule has 0 aliphatic heterocycles. The SMILES string of the molecule is CCC(C)c1ccc(C(=O)Cn2ccnc2)cc1. The molecule has 0 N–H and O–H groups in total. The van der Waals surface area contributed by atoms with Crippen LogP contribution in [0.25, 0.3) is 0 Å². The number of imidazole rings is 1. The molecule has 0 aliphatic carbocycles. The summed E-state index contributed by atoms with van der Waals surface area (Å²) in [7, 11) is 0. The van der Waals surface area contributed by atoms with E-state index in [0.717, 1.165) is 12.0 Å². The normalized spacial score (nSPS) is 12.3. The zero-order chi connectivity index (χ0) is 13.0. The molecule has 0 fully saturated rings. The molecule has 1 heterocycles. The van der Waals surface area contributed by atoms with E-state index in [1.165, 1.54) is 5.56 Å². The molecule has 0 radical (unpaired) electrons. The molecule has 94 valence electrons. The molecular weight excluding hydrogens is 224 g/mol. The fourth-order valence-corrected chi connectivity index (χ4v) is 1.87. The van der Waals surface area contributed by atoms with Crippen molar-refractivity contribution < 1.29 is 4.79 Å². The number of nitrogens with zero attached hydrogens (tertiary/aromatic N) is 2. The van der Waals surface area contributed by atoms with Crippen molar-refractivity contribution in [2.75, 3.05) is 0 Å². The number of hydrogen-bond donors (Lipinski definition) is 0. The summed E-state index contributed by atoms with van der Waals surface area (Å²) < 4.78 is 1.78. The lowest BCUT2D eigenvalue weighted by Gasteiger charge is -2.09. The van der Waals surface area contributed by atoms with Crippen LogP contribution in [-0.4, -0.2) is 15.3 Å². The monoisotopic (exact) mass is 242 g/mol. The summed E-state index contributed by atoms with van der Waals surface area (Å²) in [5.74, 6) is 0.659. The number of benzene rings is 1. The van der Waals surface area contributed by atoms with Gasteiger partial charge in [0.15, 0.2) is 5.78 Å². The van der Waals surface area contributed by atoms with Crippen molar-refractivity contribution in [1.82, 2.24) is 9.55 Å². The van der Waals surface area contributed by atoms with Gasteiger partial charge in [-0.15, -0.1) is 0 Å². The summed E-state index contributed by atoms with van der Waals surface area (Å²) in [6.45, 7) is 4.72. The van der Waals surface area contributed by atoms with E-state index in [9.17, 15) is 4.79 Å². The van der Waals surface area contributed by atoms with Crippen molar-refractivity contribution in [2.45, 2.75) is 32.7 Å². The van der Waals surface area contributed by atoms with Gasteiger partial charge >= 0.3 is 0 Å². The molecule has 18 heavy (non-hydrogen) atoms. The average Bonchev–Trinajstić information content (AvgIpc) is 2.91. The molecule has 1 atom stereocenters. The Kier molecular flexibility index (Phi) is 3.92. The largest absolute Gasteiger partial charge is 0.330 e. The predicted octanol–water partition coefficient (Wildman–Crippen LogP) is 3.28. The Labute approximate surface area is 107 Å². The van der Waals surface area contributed by atoms with E-state index >= 15 is 0 Å². The van der Waals surface area contributed by atoms with Gasteiger partial charge in [-0.3, -0.25) is 4.79 Å². The number of carbonyl (C=O) groups excluding carboxylic acids is 1. The summed E-state index contributed by atoms with van der Waals surface area (Å²) in [6.07, 6.45) is 6.25. The first-order valence-corrected chi connectivity index (χ1v) is 6.29. The highest BCUT2D eigenvalue weighted by atomic mass is 16.1. The van der Waals surface area contributed by atoms with Gasteiger partial charge in [-0.2, -0.15) is 0 Å². The lowest BCUT2D eigenvalue weighted by molar-refractivity contribution is 0.0972. The van der Waals surface area contributed by atoms with Crippen molar-refractivity contribution in [3.63, 3.8) is 0 Å². The minimum Gasteiger partial charge on any atom is -0.330 e. The van der Waals surface area contributed by atoms with Gasteiger partial charge in [-0.25, -0.2) is 4.98 Å². The first kappa shape index (κ1) is 12.6. The van der Waals surface area contributed by atoms with Gasteiger partial charge in [0.25, 0.3) is 0 Å². The van der Waals surface area contributed by atoms with E-state index in [1.807, 2.05) is 12.1 Å². The van der Waals surface area contributed by atoms with Crippen molar-refractivity contribution in [2.24, 2.45) is 0 Å². The van der Waals surface area contributed by atoms with Crippen molar-refractivity contribution in [1.29, 1.82) is 0 Å². The van der Waals surface area contributed by atoms with Gasteiger partial charge in [0.1, 0.15) is 0 Å². The molecule has 0 saturated carbocycles. The summed E-state index contributed by atoms with van der Waals surface area (Å²) in [5.41, 5.74) is 2.05. The molecule has 3 heteroatoms. The van der Waals surface area contributed by atoms with E-state index in [4.69, 9.17) is 0 Å². The Balaban J connectivity index is 2.07. The zero-order valence-electron chi connectivity index (χ0n) is 10.8. The maximum absolute atomic E-state index is 12.0. The molecule has 1 unspecified atom stereocenters. The standard InChI is InChI=1S/C15H18N2O/c1-3-12(2)13-4-6-14(7-5-13)15(18)10-17-9-8-16-11-17/h4-9,11-12H,3,10H2,1-2H3. The molecule has 3 nitrogen and oxygen atoms in total. The Hall–Kier alpha value is -1.90. The van der Waals surface area contributed by atoms with Crippen LogP contribution in [-0.2, 0) is 6.54 Å². The maximum atomic E-state index is 12.0. The van der Waals surface area contributed by atoms with Crippen LogP contribution in [0.2, 0.25) is 0 Å². The molecular formula is C15H18N2O. The Morgan fingerprint density at radius 2 is 2.06 bits per heavy atom. The average molecular weight is 242 g/mol. The molecule has 0 spiro atoms. The van der Waals surface area contributed by atoms with E-state index < -0.39 is 0 Å². The number of Topliss-reactive ketones (excluding diaryl/α,β-unsaturated/α-hetero) is 1. The minimum absolute atomic E-state index is 0.115. The third-order valence-corrected chi connectivity index (χ3v) is 3.30. The van der Waals surface area contributed by atoms with Crippen LogP contribution in [0, 0.1) is 0 Å². The lowest BCUT2D eigenvalue weighted by atomic mass is 9.97. The van der Waals surface area contributed by atoms with Crippen LogP contribution >= 0.6 is 0 Å². The van der Waals surface area contributed by atoms with E-state index in [2.05, 4.69) is 31.0 Å². The van der Waals surface area contributed by atoms with E-state index in [-0.39, 0.29) is 5.78 Å². The third kappa shape index (κ3) is 2.86. The van der Waals surface area contributed by atoms with Gasteiger partial charge in [0.05, 0.1) is 12.9 Å².